The van der Waals surface area contributed by atoms with Gasteiger partial charge in [-0.05, 0) is 36.1 Å². The van der Waals surface area contributed by atoms with Gasteiger partial charge in [-0.15, -0.1) is 0 Å². The van der Waals surface area contributed by atoms with Crippen molar-refractivity contribution in [2.24, 2.45) is 0 Å². The number of aryl methyl sites for hydroxylation is 2. The fraction of sp³-hybridized carbons (Fsp3) is 0.412. The number of aromatic nitrogens is 4. The second-order valence-electron chi connectivity index (χ2n) is 11.3. The molecule has 1 aliphatic carbocycles. The molecule has 10 heteroatoms. The zero-order valence-electron chi connectivity index (χ0n) is 25.7. The van der Waals surface area contributed by atoms with Crippen LogP contribution in [0.25, 0.3) is 0 Å². The molecule has 44 heavy (non-hydrogen) atoms. The molecule has 0 N–H and O–H groups in total. The molecule has 232 valence electrons. The standard InChI is InChI=1S/C34H40N4O4S2/c1-5-15-25-21-26(36-28(35-25)16-6-2)32-30(23-17-11-9-12-18-23)33(31(32)24-19-13-10-14-20-24)27-22-29(43(39,40)7-3)38-34(37-27)44(41,42)8-4/h9-14,17-22,30-33H,5-8,15-16H2,1-4H3/t30-,31-,32-,33-/m1/s1. The fourth-order valence-electron chi connectivity index (χ4n) is 6.30. The predicted octanol–water partition coefficient (Wildman–Crippen LogP) is 6.21. The van der Waals surface area contributed by atoms with Gasteiger partial charge in [-0.2, -0.15) is 0 Å². The lowest BCUT2D eigenvalue weighted by atomic mass is 9.50. The summed E-state index contributed by atoms with van der Waals surface area (Å²) in [5.41, 5.74) is 4.48. The number of rotatable bonds is 12. The highest BCUT2D eigenvalue weighted by Gasteiger charge is 2.54. The number of sulfone groups is 2. The third kappa shape index (κ3) is 6.33. The van der Waals surface area contributed by atoms with Crippen LogP contribution in [0.5, 0.6) is 0 Å². The van der Waals surface area contributed by atoms with Gasteiger partial charge >= 0.3 is 0 Å². The quantitative estimate of drug-likeness (QED) is 0.134. The van der Waals surface area contributed by atoms with Crippen molar-refractivity contribution in [2.45, 2.75) is 87.2 Å². The zero-order chi connectivity index (χ0) is 31.5. The summed E-state index contributed by atoms with van der Waals surface area (Å²) in [6.45, 7) is 7.29. The van der Waals surface area contributed by atoms with Gasteiger partial charge in [0.05, 0.1) is 17.2 Å². The Morgan fingerprint density at radius 3 is 1.59 bits per heavy atom. The van der Waals surface area contributed by atoms with E-state index < -0.39 is 24.8 Å². The summed E-state index contributed by atoms with van der Waals surface area (Å²) in [7, 11) is -7.71. The highest BCUT2D eigenvalue weighted by Crippen LogP contribution is 2.66. The molecule has 2 atom stereocenters. The van der Waals surface area contributed by atoms with Gasteiger partial charge in [0.15, 0.2) is 14.9 Å². The molecule has 0 unspecified atom stereocenters. The smallest absolute Gasteiger partial charge is 0.238 e. The minimum Gasteiger partial charge on any atom is -0.238 e. The Kier molecular flexibility index (Phi) is 9.60. The molecule has 4 aromatic rings. The maximum Gasteiger partial charge on any atom is 0.248 e. The average molecular weight is 633 g/mol. The Morgan fingerprint density at radius 2 is 1.09 bits per heavy atom. The topological polar surface area (TPSA) is 120 Å². The van der Waals surface area contributed by atoms with Crippen LogP contribution in [0.4, 0.5) is 0 Å². The second-order valence-corrected chi connectivity index (χ2v) is 15.7. The summed E-state index contributed by atoms with van der Waals surface area (Å²) in [5.74, 6) is -0.316. The number of benzene rings is 2. The van der Waals surface area contributed by atoms with Crippen molar-refractivity contribution in [1.29, 1.82) is 0 Å². The lowest BCUT2D eigenvalue weighted by molar-refractivity contribution is 0.217. The first kappa shape index (κ1) is 31.9. The molecular weight excluding hydrogens is 593 g/mol. The van der Waals surface area contributed by atoms with Crippen molar-refractivity contribution in [3.8, 4) is 0 Å². The van der Waals surface area contributed by atoms with Gasteiger partial charge in [0.2, 0.25) is 15.0 Å². The molecule has 2 aromatic carbocycles. The minimum atomic E-state index is -3.89. The predicted molar refractivity (Wildman–Crippen MR) is 171 cm³/mol. The van der Waals surface area contributed by atoms with E-state index in [-0.39, 0.29) is 40.2 Å². The van der Waals surface area contributed by atoms with E-state index >= 15 is 0 Å². The molecule has 5 rings (SSSR count). The van der Waals surface area contributed by atoms with Crippen LogP contribution in [-0.2, 0) is 32.5 Å². The first-order valence-electron chi connectivity index (χ1n) is 15.4. The Hall–Kier alpha value is -3.50. The fourth-order valence-corrected chi connectivity index (χ4v) is 7.92. The van der Waals surface area contributed by atoms with Crippen molar-refractivity contribution in [3.05, 3.63) is 107 Å². The molecule has 0 amide bonds. The summed E-state index contributed by atoms with van der Waals surface area (Å²) in [6.07, 6.45) is 3.51. The Bertz CT molecular complexity index is 1690. The van der Waals surface area contributed by atoms with Crippen LogP contribution in [0.3, 0.4) is 0 Å². The molecule has 0 saturated heterocycles. The maximum atomic E-state index is 13.1. The van der Waals surface area contributed by atoms with Crippen molar-refractivity contribution >= 4 is 19.7 Å². The van der Waals surface area contributed by atoms with Gasteiger partial charge in [-0.3, -0.25) is 0 Å². The van der Waals surface area contributed by atoms with Crippen LogP contribution in [0, 0.1) is 0 Å². The van der Waals surface area contributed by atoms with Gasteiger partial charge in [-0.25, -0.2) is 36.8 Å². The molecule has 1 fully saturated rings. The van der Waals surface area contributed by atoms with Gasteiger partial charge in [0.25, 0.3) is 0 Å². The lowest BCUT2D eigenvalue weighted by Crippen LogP contribution is -2.41. The van der Waals surface area contributed by atoms with Crippen LogP contribution in [0.1, 0.15) is 98.2 Å². The van der Waals surface area contributed by atoms with Crippen molar-refractivity contribution in [1.82, 2.24) is 19.9 Å². The van der Waals surface area contributed by atoms with Gasteiger partial charge in [0, 0.05) is 41.5 Å². The van der Waals surface area contributed by atoms with Gasteiger partial charge in [0.1, 0.15) is 5.82 Å². The van der Waals surface area contributed by atoms with Gasteiger partial charge in [-0.1, -0.05) is 94.8 Å². The summed E-state index contributed by atoms with van der Waals surface area (Å²) >= 11 is 0. The van der Waals surface area contributed by atoms with Gasteiger partial charge < -0.3 is 0 Å². The van der Waals surface area contributed by atoms with Crippen LogP contribution in [0.2, 0.25) is 0 Å². The third-order valence-corrected chi connectivity index (χ3v) is 11.6. The summed E-state index contributed by atoms with van der Waals surface area (Å²) < 4.78 is 52.5. The van der Waals surface area contributed by atoms with E-state index in [1.165, 1.54) is 19.9 Å². The summed E-state index contributed by atoms with van der Waals surface area (Å²) in [6, 6.07) is 23.8. The van der Waals surface area contributed by atoms with Crippen molar-refractivity contribution in [3.63, 3.8) is 0 Å². The van der Waals surface area contributed by atoms with Crippen molar-refractivity contribution in [2.75, 3.05) is 11.5 Å². The molecule has 2 aromatic heterocycles. The van der Waals surface area contributed by atoms with E-state index in [4.69, 9.17) is 9.97 Å². The average Bonchev–Trinajstić information content (AvgIpc) is 3.02. The summed E-state index contributed by atoms with van der Waals surface area (Å²) in [5, 5.41) is -0.694. The number of hydrogen-bond acceptors (Lipinski definition) is 8. The molecule has 2 heterocycles. The normalized spacial score (nSPS) is 20.3. The van der Waals surface area contributed by atoms with E-state index in [2.05, 4.69) is 54.1 Å². The first-order valence-corrected chi connectivity index (χ1v) is 18.7. The Labute approximate surface area is 261 Å². The van der Waals surface area contributed by atoms with Crippen LogP contribution in [-0.4, -0.2) is 48.3 Å². The second kappa shape index (κ2) is 13.2. The minimum absolute atomic E-state index is 0.0774. The van der Waals surface area contributed by atoms with Crippen LogP contribution in [0.15, 0.2) is 83.0 Å². The maximum absolute atomic E-state index is 13.1. The number of nitrogens with zero attached hydrogens (tertiary/aromatic N) is 4. The third-order valence-electron chi connectivity index (χ3n) is 8.48. The summed E-state index contributed by atoms with van der Waals surface area (Å²) in [4.78, 5) is 18.7. The van der Waals surface area contributed by atoms with E-state index in [1.54, 1.807) is 0 Å². The first-order chi connectivity index (χ1) is 21.1. The van der Waals surface area contributed by atoms with Crippen LogP contribution >= 0.6 is 0 Å². The van der Waals surface area contributed by atoms with Crippen LogP contribution < -0.4 is 0 Å². The largest absolute Gasteiger partial charge is 0.248 e. The lowest BCUT2D eigenvalue weighted by Gasteiger charge is -2.52. The molecule has 1 aliphatic rings. The van der Waals surface area contributed by atoms with E-state index in [9.17, 15) is 16.8 Å². The molecule has 8 nitrogen and oxygen atoms in total. The molecule has 0 bridgehead atoms. The molecule has 0 spiro atoms. The Balaban J connectivity index is 1.79. The highest BCUT2D eigenvalue weighted by molar-refractivity contribution is 7.92. The molecule has 0 aliphatic heterocycles. The van der Waals surface area contributed by atoms with Crippen molar-refractivity contribution < 1.29 is 16.8 Å². The molecular formula is C34H40N4O4S2. The molecule has 0 radical (unpaired) electrons. The monoisotopic (exact) mass is 632 g/mol. The Morgan fingerprint density at radius 1 is 0.568 bits per heavy atom. The van der Waals surface area contributed by atoms with E-state index in [0.717, 1.165) is 54.0 Å². The van der Waals surface area contributed by atoms with E-state index in [1.807, 2.05) is 36.4 Å². The van der Waals surface area contributed by atoms with E-state index in [0.29, 0.717) is 5.69 Å². The SMILES string of the molecule is CCCc1cc([C@H]2[C@@H](c3ccccc3)[C@H](c3cc(S(=O)(=O)CC)nc(S(=O)(=O)CC)n3)[C@@H]2c2ccccc2)nc(CCC)n1. The molecule has 1 saturated carbocycles. The number of hydrogen-bond donors (Lipinski definition) is 0. The zero-order valence-corrected chi connectivity index (χ0v) is 27.4. The highest BCUT2D eigenvalue weighted by atomic mass is 32.2.